The standard InChI is InChI=1S/C14H24N2O2/c1-2-16(8-4-10-17)9-5-11-18-14-7-3-6-13(15)12-14/h3,6-7,12,17H,2,4-5,8-11,15H2,1H3. The molecule has 18 heavy (non-hydrogen) atoms. The van der Waals surface area contributed by atoms with Gasteiger partial charge in [0.25, 0.3) is 0 Å². The van der Waals surface area contributed by atoms with Gasteiger partial charge in [-0.3, -0.25) is 0 Å². The smallest absolute Gasteiger partial charge is 0.121 e. The summed E-state index contributed by atoms with van der Waals surface area (Å²) in [6.45, 7) is 6.05. The topological polar surface area (TPSA) is 58.7 Å². The van der Waals surface area contributed by atoms with Gasteiger partial charge in [-0.25, -0.2) is 0 Å². The van der Waals surface area contributed by atoms with Crippen molar-refractivity contribution in [3.05, 3.63) is 24.3 Å². The number of ether oxygens (including phenoxy) is 1. The number of benzene rings is 1. The fraction of sp³-hybridized carbons (Fsp3) is 0.571. The zero-order valence-corrected chi connectivity index (χ0v) is 11.1. The van der Waals surface area contributed by atoms with Crippen LogP contribution in [-0.2, 0) is 0 Å². The molecular formula is C14H24N2O2. The van der Waals surface area contributed by atoms with E-state index >= 15 is 0 Å². The lowest BCUT2D eigenvalue weighted by atomic mass is 10.3. The van der Waals surface area contributed by atoms with E-state index in [4.69, 9.17) is 15.6 Å². The lowest BCUT2D eigenvalue weighted by Gasteiger charge is -2.19. The highest BCUT2D eigenvalue weighted by Gasteiger charge is 2.01. The second-order valence-electron chi connectivity index (χ2n) is 4.29. The number of anilines is 1. The highest BCUT2D eigenvalue weighted by atomic mass is 16.5. The second-order valence-corrected chi connectivity index (χ2v) is 4.29. The molecule has 1 aromatic carbocycles. The Kier molecular flexibility index (Phi) is 7.22. The first-order valence-electron chi connectivity index (χ1n) is 6.57. The Hall–Kier alpha value is -1.26. The van der Waals surface area contributed by atoms with Crippen molar-refractivity contribution in [2.75, 3.05) is 38.6 Å². The van der Waals surface area contributed by atoms with Gasteiger partial charge in [-0.05, 0) is 31.5 Å². The van der Waals surface area contributed by atoms with Crippen LogP contribution in [-0.4, -0.2) is 42.9 Å². The molecule has 0 aromatic heterocycles. The van der Waals surface area contributed by atoms with Gasteiger partial charge >= 0.3 is 0 Å². The van der Waals surface area contributed by atoms with Gasteiger partial charge < -0.3 is 20.5 Å². The first kappa shape index (κ1) is 14.8. The van der Waals surface area contributed by atoms with Gasteiger partial charge in [-0.15, -0.1) is 0 Å². The summed E-state index contributed by atoms with van der Waals surface area (Å²) >= 11 is 0. The lowest BCUT2D eigenvalue weighted by Crippen LogP contribution is -2.27. The van der Waals surface area contributed by atoms with Crippen molar-refractivity contribution in [1.29, 1.82) is 0 Å². The van der Waals surface area contributed by atoms with Crippen molar-refractivity contribution in [3.63, 3.8) is 0 Å². The van der Waals surface area contributed by atoms with E-state index in [1.807, 2.05) is 24.3 Å². The normalized spacial score (nSPS) is 10.8. The van der Waals surface area contributed by atoms with Crippen LogP contribution in [0.1, 0.15) is 19.8 Å². The molecule has 0 heterocycles. The van der Waals surface area contributed by atoms with Crippen LogP contribution in [0.25, 0.3) is 0 Å². The Morgan fingerprint density at radius 1 is 1.28 bits per heavy atom. The fourth-order valence-electron chi connectivity index (χ4n) is 1.80. The number of aliphatic hydroxyl groups excluding tert-OH is 1. The molecule has 0 aliphatic heterocycles. The van der Waals surface area contributed by atoms with Crippen LogP contribution < -0.4 is 10.5 Å². The van der Waals surface area contributed by atoms with Crippen molar-refractivity contribution in [3.8, 4) is 5.75 Å². The molecule has 1 rings (SSSR count). The molecule has 0 fully saturated rings. The first-order valence-corrected chi connectivity index (χ1v) is 6.57. The maximum absolute atomic E-state index is 8.79. The van der Waals surface area contributed by atoms with Crippen LogP contribution in [0.2, 0.25) is 0 Å². The molecule has 0 atom stereocenters. The molecule has 4 heteroatoms. The van der Waals surface area contributed by atoms with Gasteiger partial charge in [-0.2, -0.15) is 0 Å². The summed E-state index contributed by atoms with van der Waals surface area (Å²) < 4.78 is 5.63. The van der Waals surface area contributed by atoms with Crippen LogP contribution in [0, 0.1) is 0 Å². The molecule has 102 valence electrons. The third-order valence-corrected chi connectivity index (χ3v) is 2.83. The quantitative estimate of drug-likeness (QED) is 0.519. The molecule has 0 spiro atoms. The van der Waals surface area contributed by atoms with Crippen molar-refractivity contribution in [2.24, 2.45) is 0 Å². The van der Waals surface area contributed by atoms with E-state index in [0.717, 1.165) is 43.9 Å². The maximum atomic E-state index is 8.79. The zero-order chi connectivity index (χ0) is 13.2. The monoisotopic (exact) mass is 252 g/mol. The average molecular weight is 252 g/mol. The number of nitrogen functional groups attached to an aromatic ring is 1. The van der Waals surface area contributed by atoms with Crippen LogP contribution in [0.3, 0.4) is 0 Å². The number of hydrogen-bond donors (Lipinski definition) is 2. The van der Waals surface area contributed by atoms with Crippen molar-refractivity contribution < 1.29 is 9.84 Å². The Labute approximate surface area is 109 Å². The van der Waals surface area contributed by atoms with E-state index in [2.05, 4.69) is 11.8 Å². The Bertz CT molecular complexity index is 331. The SMILES string of the molecule is CCN(CCCO)CCCOc1cccc(N)c1. The third-order valence-electron chi connectivity index (χ3n) is 2.83. The molecule has 0 aliphatic rings. The number of rotatable bonds is 9. The van der Waals surface area contributed by atoms with E-state index < -0.39 is 0 Å². The van der Waals surface area contributed by atoms with Crippen LogP contribution in [0.15, 0.2) is 24.3 Å². The zero-order valence-electron chi connectivity index (χ0n) is 11.1. The number of aliphatic hydroxyl groups is 1. The molecule has 1 aromatic rings. The van der Waals surface area contributed by atoms with E-state index in [9.17, 15) is 0 Å². The summed E-state index contributed by atoms with van der Waals surface area (Å²) in [7, 11) is 0. The van der Waals surface area contributed by atoms with E-state index in [-0.39, 0.29) is 6.61 Å². The molecule has 0 amide bonds. The van der Waals surface area contributed by atoms with E-state index in [0.29, 0.717) is 6.61 Å². The molecular weight excluding hydrogens is 228 g/mol. The van der Waals surface area contributed by atoms with Gasteiger partial charge in [0, 0.05) is 31.5 Å². The fourth-order valence-corrected chi connectivity index (χ4v) is 1.80. The van der Waals surface area contributed by atoms with Crippen LogP contribution in [0.4, 0.5) is 5.69 Å². The second kappa shape index (κ2) is 8.78. The van der Waals surface area contributed by atoms with Gasteiger partial charge in [0.15, 0.2) is 0 Å². The first-order chi connectivity index (χ1) is 8.76. The summed E-state index contributed by atoms with van der Waals surface area (Å²) in [6.07, 6.45) is 1.82. The predicted molar refractivity (Wildman–Crippen MR) is 74.8 cm³/mol. The van der Waals surface area contributed by atoms with E-state index in [1.165, 1.54) is 0 Å². The average Bonchev–Trinajstić information content (AvgIpc) is 2.38. The summed E-state index contributed by atoms with van der Waals surface area (Å²) in [5, 5.41) is 8.79. The highest BCUT2D eigenvalue weighted by molar-refractivity contribution is 5.43. The van der Waals surface area contributed by atoms with Crippen LogP contribution >= 0.6 is 0 Å². The van der Waals surface area contributed by atoms with Crippen molar-refractivity contribution in [2.45, 2.75) is 19.8 Å². The van der Waals surface area contributed by atoms with Crippen molar-refractivity contribution in [1.82, 2.24) is 4.90 Å². The number of nitrogens with two attached hydrogens (primary N) is 1. The minimum absolute atomic E-state index is 0.260. The summed E-state index contributed by atoms with van der Waals surface area (Å²) in [4.78, 5) is 2.32. The molecule has 0 radical (unpaired) electrons. The van der Waals surface area contributed by atoms with E-state index in [1.54, 1.807) is 0 Å². The summed E-state index contributed by atoms with van der Waals surface area (Å²) in [5.41, 5.74) is 6.40. The molecule has 0 aliphatic carbocycles. The van der Waals surface area contributed by atoms with Gasteiger partial charge in [-0.1, -0.05) is 13.0 Å². The Morgan fingerprint density at radius 3 is 2.72 bits per heavy atom. The molecule has 3 N–H and O–H groups in total. The maximum Gasteiger partial charge on any atom is 0.121 e. The summed E-state index contributed by atoms with van der Waals surface area (Å²) in [5.74, 6) is 0.827. The minimum Gasteiger partial charge on any atom is -0.493 e. The largest absolute Gasteiger partial charge is 0.493 e. The predicted octanol–water partition coefficient (Wildman–Crippen LogP) is 1.74. The van der Waals surface area contributed by atoms with Crippen LogP contribution in [0.5, 0.6) is 5.75 Å². The highest BCUT2D eigenvalue weighted by Crippen LogP contribution is 2.14. The Balaban J connectivity index is 2.17. The number of nitrogens with zero attached hydrogens (tertiary/aromatic N) is 1. The third kappa shape index (κ3) is 5.89. The Morgan fingerprint density at radius 2 is 2.06 bits per heavy atom. The van der Waals surface area contributed by atoms with Gasteiger partial charge in [0.1, 0.15) is 5.75 Å². The summed E-state index contributed by atoms with van der Waals surface area (Å²) in [6, 6.07) is 7.49. The van der Waals surface area contributed by atoms with Gasteiger partial charge in [0.05, 0.1) is 6.61 Å². The van der Waals surface area contributed by atoms with Gasteiger partial charge in [0.2, 0.25) is 0 Å². The molecule has 0 saturated heterocycles. The minimum atomic E-state index is 0.260. The molecule has 0 bridgehead atoms. The number of hydrogen-bond acceptors (Lipinski definition) is 4. The lowest BCUT2D eigenvalue weighted by molar-refractivity contribution is 0.213. The molecule has 0 saturated carbocycles. The van der Waals surface area contributed by atoms with Crippen molar-refractivity contribution >= 4 is 5.69 Å². The molecule has 4 nitrogen and oxygen atoms in total. The molecule has 0 unspecified atom stereocenters.